The number of likely N-dealkylation sites (tertiary alicyclic amines) is 1. The number of hydrogen-bond donors (Lipinski definition) is 6. The molecule has 0 aliphatic carbocycles. The average molecular weight is 527 g/mol. The molecule has 2 aromatic rings. The van der Waals surface area contributed by atoms with Crippen LogP contribution in [0, 0.1) is 0 Å². The van der Waals surface area contributed by atoms with Gasteiger partial charge in [-0.2, -0.15) is 0 Å². The molecule has 5 atom stereocenters. The number of carbonyl (C=O) groups is 4. The lowest BCUT2D eigenvalue weighted by molar-refractivity contribution is -0.144. The number of hydrogen-bond acceptors (Lipinski definition) is 7. The van der Waals surface area contributed by atoms with Crippen molar-refractivity contribution in [3.8, 4) is 5.75 Å². The molecule has 0 spiro atoms. The van der Waals surface area contributed by atoms with Crippen LogP contribution >= 0.6 is 0 Å². The van der Waals surface area contributed by atoms with Crippen molar-refractivity contribution in [2.24, 2.45) is 5.73 Å². The second-order valence-corrected chi connectivity index (χ2v) is 9.48. The molecule has 1 fully saturated rings. The second-order valence-electron chi connectivity index (χ2n) is 9.48. The van der Waals surface area contributed by atoms with Gasteiger partial charge in [-0.3, -0.25) is 14.4 Å². The zero-order valence-electron chi connectivity index (χ0n) is 21.1. The fraction of sp³-hybridized carbons (Fsp3) is 0.407. The first-order chi connectivity index (χ1) is 18.1. The van der Waals surface area contributed by atoms with Crippen LogP contribution in [-0.4, -0.2) is 80.7 Å². The maximum atomic E-state index is 13.1. The molecule has 5 unspecified atom stereocenters. The molecule has 38 heavy (non-hydrogen) atoms. The van der Waals surface area contributed by atoms with E-state index in [1.807, 2.05) is 0 Å². The molecule has 3 amide bonds. The maximum Gasteiger partial charge on any atom is 0.326 e. The Bertz CT molecular complexity index is 1120. The summed E-state index contributed by atoms with van der Waals surface area (Å²) in [4.78, 5) is 52.2. The zero-order valence-corrected chi connectivity index (χ0v) is 21.1. The van der Waals surface area contributed by atoms with Crippen molar-refractivity contribution in [1.82, 2.24) is 15.5 Å². The third kappa shape index (κ3) is 7.53. The van der Waals surface area contributed by atoms with Gasteiger partial charge in [0, 0.05) is 13.0 Å². The number of carboxylic acids is 1. The van der Waals surface area contributed by atoms with Crippen LogP contribution in [0.4, 0.5) is 0 Å². The van der Waals surface area contributed by atoms with Gasteiger partial charge < -0.3 is 36.6 Å². The normalized spacial score (nSPS) is 18.2. The Morgan fingerprint density at radius 1 is 1.00 bits per heavy atom. The first-order valence-corrected chi connectivity index (χ1v) is 12.5. The summed E-state index contributed by atoms with van der Waals surface area (Å²) in [7, 11) is 0. The molecule has 2 aromatic carbocycles. The minimum absolute atomic E-state index is 0.0201. The number of nitrogens with zero attached hydrogens (tertiary/aromatic N) is 1. The molecule has 1 aliphatic heterocycles. The smallest absolute Gasteiger partial charge is 0.326 e. The Labute approximate surface area is 220 Å². The number of aliphatic hydroxyl groups is 1. The Kier molecular flexibility index (Phi) is 9.80. The summed E-state index contributed by atoms with van der Waals surface area (Å²) in [6.45, 7) is 1.62. The van der Waals surface area contributed by atoms with Crippen molar-refractivity contribution in [3.05, 3.63) is 65.7 Å². The summed E-state index contributed by atoms with van der Waals surface area (Å²) in [5, 5.41) is 34.1. The first kappa shape index (κ1) is 28.6. The lowest BCUT2D eigenvalue weighted by Gasteiger charge is -2.29. The van der Waals surface area contributed by atoms with E-state index in [2.05, 4.69) is 10.6 Å². The highest BCUT2D eigenvalue weighted by Gasteiger charge is 2.38. The monoisotopic (exact) mass is 526 g/mol. The van der Waals surface area contributed by atoms with Crippen LogP contribution in [0.3, 0.4) is 0 Å². The highest BCUT2D eigenvalue weighted by atomic mass is 16.4. The number of amides is 3. The van der Waals surface area contributed by atoms with Crippen LogP contribution in [0.25, 0.3) is 0 Å². The van der Waals surface area contributed by atoms with E-state index in [0.29, 0.717) is 24.9 Å². The number of phenolic OH excluding ortho intramolecular Hbond substituents is 1. The number of nitrogens with one attached hydrogen (secondary N) is 2. The number of benzene rings is 2. The number of phenols is 1. The predicted molar refractivity (Wildman–Crippen MR) is 138 cm³/mol. The van der Waals surface area contributed by atoms with Gasteiger partial charge in [-0.15, -0.1) is 0 Å². The molecular formula is C27H34N4O7. The molecule has 11 heteroatoms. The minimum atomic E-state index is -1.43. The Morgan fingerprint density at radius 3 is 2.24 bits per heavy atom. The van der Waals surface area contributed by atoms with E-state index in [1.54, 1.807) is 42.5 Å². The predicted octanol–water partition coefficient (Wildman–Crippen LogP) is -0.0693. The van der Waals surface area contributed by atoms with E-state index >= 15 is 0 Å². The van der Waals surface area contributed by atoms with E-state index < -0.39 is 54.0 Å². The zero-order chi connectivity index (χ0) is 27.8. The van der Waals surface area contributed by atoms with Crippen molar-refractivity contribution in [2.75, 3.05) is 6.54 Å². The maximum absolute atomic E-state index is 13.1. The summed E-state index contributed by atoms with van der Waals surface area (Å²) in [5.41, 5.74) is 7.57. The standard InChI is InChI=1S/C27H34N4O7/c1-16(32)23(25(35)29-21(27(37)38)15-17-6-3-2-4-7-17)30-24(34)22-8-5-13-31(22)26(36)20(28)14-18-9-11-19(33)12-10-18/h2-4,6-7,9-12,16,20-23,32-33H,5,8,13-15,28H2,1H3,(H,29,35)(H,30,34)(H,37,38). The Morgan fingerprint density at radius 2 is 1.63 bits per heavy atom. The fourth-order valence-corrected chi connectivity index (χ4v) is 4.46. The molecule has 1 aliphatic rings. The highest BCUT2D eigenvalue weighted by Crippen LogP contribution is 2.20. The minimum Gasteiger partial charge on any atom is -0.508 e. The summed E-state index contributed by atoms with van der Waals surface area (Å²) < 4.78 is 0. The number of aliphatic carboxylic acids is 1. The summed E-state index contributed by atoms with van der Waals surface area (Å²) >= 11 is 0. The van der Waals surface area contributed by atoms with Gasteiger partial charge in [-0.05, 0) is 49.4 Å². The van der Waals surface area contributed by atoms with Gasteiger partial charge in [-0.25, -0.2) is 4.79 Å². The number of nitrogens with two attached hydrogens (primary N) is 1. The molecule has 0 radical (unpaired) electrons. The van der Waals surface area contributed by atoms with Gasteiger partial charge in [0.1, 0.15) is 23.9 Å². The number of carbonyl (C=O) groups excluding carboxylic acids is 3. The van der Waals surface area contributed by atoms with E-state index in [0.717, 1.165) is 5.56 Å². The molecule has 7 N–H and O–H groups in total. The molecule has 0 aromatic heterocycles. The Balaban J connectivity index is 1.64. The summed E-state index contributed by atoms with van der Waals surface area (Å²) in [6.07, 6.45) is -0.192. The lowest BCUT2D eigenvalue weighted by atomic mass is 10.0. The van der Waals surface area contributed by atoms with Crippen LogP contribution in [0.15, 0.2) is 54.6 Å². The summed E-state index contributed by atoms with van der Waals surface area (Å²) in [6, 6.07) is 10.5. The number of aliphatic hydroxyl groups excluding tert-OH is 1. The van der Waals surface area contributed by atoms with Gasteiger partial charge in [0.05, 0.1) is 12.1 Å². The van der Waals surface area contributed by atoms with Crippen molar-refractivity contribution in [2.45, 2.75) is 62.9 Å². The van der Waals surface area contributed by atoms with Crippen molar-refractivity contribution < 1.29 is 34.5 Å². The lowest BCUT2D eigenvalue weighted by Crippen LogP contribution is -2.59. The van der Waals surface area contributed by atoms with Gasteiger partial charge in [0.25, 0.3) is 0 Å². The van der Waals surface area contributed by atoms with Gasteiger partial charge in [0.15, 0.2) is 0 Å². The van der Waals surface area contributed by atoms with Crippen molar-refractivity contribution in [1.29, 1.82) is 0 Å². The molecule has 0 saturated carbocycles. The third-order valence-electron chi connectivity index (χ3n) is 6.51. The highest BCUT2D eigenvalue weighted by molar-refractivity contribution is 5.94. The van der Waals surface area contributed by atoms with E-state index in [-0.39, 0.29) is 18.6 Å². The van der Waals surface area contributed by atoms with E-state index in [4.69, 9.17) is 5.73 Å². The quantitative estimate of drug-likeness (QED) is 0.235. The number of carboxylic acid groups (broad SMARTS) is 1. The summed E-state index contributed by atoms with van der Waals surface area (Å²) in [5.74, 6) is -3.08. The van der Waals surface area contributed by atoms with Crippen LogP contribution in [-0.2, 0) is 32.0 Å². The average Bonchev–Trinajstić information content (AvgIpc) is 3.38. The van der Waals surface area contributed by atoms with E-state index in [9.17, 15) is 34.5 Å². The van der Waals surface area contributed by atoms with Crippen LogP contribution in [0.1, 0.15) is 30.9 Å². The van der Waals surface area contributed by atoms with Gasteiger partial charge in [0.2, 0.25) is 17.7 Å². The molecular weight excluding hydrogens is 492 g/mol. The molecule has 204 valence electrons. The van der Waals surface area contributed by atoms with Crippen LogP contribution in [0.5, 0.6) is 5.75 Å². The topological polar surface area (TPSA) is 182 Å². The second kappa shape index (κ2) is 13.0. The Hall–Kier alpha value is -3.96. The van der Waals surface area contributed by atoms with Gasteiger partial charge >= 0.3 is 5.97 Å². The van der Waals surface area contributed by atoms with Crippen molar-refractivity contribution in [3.63, 3.8) is 0 Å². The molecule has 3 rings (SSSR count). The first-order valence-electron chi connectivity index (χ1n) is 12.5. The number of rotatable bonds is 11. The van der Waals surface area contributed by atoms with Crippen LogP contribution in [0.2, 0.25) is 0 Å². The van der Waals surface area contributed by atoms with E-state index in [1.165, 1.54) is 24.0 Å². The van der Waals surface area contributed by atoms with Crippen molar-refractivity contribution >= 4 is 23.7 Å². The molecule has 1 saturated heterocycles. The molecule has 0 bridgehead atoms. The third-order valence-corrected chi connectivity index (χ3v) is 6.51. The SMILES string of the molecule is CC(O)C(NC(=O)C1CCCN1C(=O)C(N)Cc1ccc(O)cc1)C(=O)NC(Cc1ccccc1)C(=O)O. The largest absolute Gasteiger partial charge is 0.508 e. The fourth-order valence-electron chi connectivity index (χ4n) is 4.46. The molecule has 11 nitrogen and oxygen atoms in total. The molecule has 1 heterocycles. The number of aromatic hydroxyl groups is 1. The van der Waals surface area contributed by atoms with Crippen LogP contribution < -0.4 is 16.4 Å². The van der Waals surface area contributed by atoms with Gasteiger partial charge in [-0.1, -0.05) is 42.5 Å².